The number of rotatable bonds is 3. The van der Waals surface area contributed by atoms with E-state index < -0.39 is 5.97 Å². The molecule has 0 spiro atoms. The Bertz CT molecular complexity index is 833. The molecule has 0 aliphatic carbocycles. The van der Waals surface area contributed by atoms with Crippen LogP contribution in [0, 0.1) is 13.8 Å². The van der Waals surface area contributed by atoms with Gasteiger partial charge < -0.3 is 9.52 Å². The fourth-order valence-electron chi connectivity index (χ4n) is 1.91. The number of nitrogens with zero attached hydrogens (tertiary/aromatic N) is 4. The van der Waals surface area contributed by atoms with Gasteiger partial charge in [-0.05, 0) is 25.6 Å². The molecule has 8 heteroatoms. The molecule has 3 aromatic heterocycles. The number of pyridine rings is 1. The SMILES string of the molecule is Cc1nc(Sc2c(C(=O)O)cnc3c2cnn3C)oc1C. The standard InChI is InChI=1S/C13H12N4O3S/c1-6-7(2)20-13(16-6)21-10-8-5-15-17(3)11(8)14-4-9(10)12(18)19/h4-5H,1-3H3,(H,18,19). The van der Waals surface area contributed by atoms with Gasteiger partial charge in [-0.25, -0.2) is 14.8 Å². The number of carbonyl (C=O) groups is 1. The molecule has 3 rings (SSSR count). The molecule has 0 aromatic carbocycles. The van der Waals surface area contributed by atoms with Crippen LogP contribution in [0.15, 0.2) is 26.9 Å². The highest BCUT2D eigenvalue weighted by atomic mass is 32.2. The highest BCUT2D eigenvalue weighted by Crippen LogP contribution is 2.35. The summed E-state index contributed by atoms with van der Waals surface area (Å²) in [6.07, 6.45) is 2.93. The van der Waals surface area contributed by atoms with Crippen LogP contribution in [0.2, 0.25) is 0 Å². The summed E-state index contributed by atoms with van der Waals surface area (Å²) < 4.78 is 7.11. The van der Waals surface area contributed by atoms with Crippen LogP contribution < -0.4 is 0 Å². The normalized spacial score (nSPS) is 11.2. The first kappa shape index (κ1) is 13.6. The number of hydrogen-bond donors (Lipinski definition) is 1. The molecule has 0 amide bonds. The Balaban J connectivity index is 2.18. The monoisotopic (exact) mass is 304 g/mol. The first-order chi connectivity index (χ1) is 9.97. The third-order valence-corrected chi connectivity index (χ3v) is 4.13. The molecule has 0 bridgehead atoms. The molecule has 7 nitrogen and oxygen atoms in total. The maximum absolute atomic E-state index is 11.4. The van der Waals surface area contributed by atoms with Gasteiger partial charge in [0.05, 0.1) is 22.8 Å². The van der Waals surface area contributed by atoms with E-state index in [4.69, 9.17) is 4.42 Å². The lowest BCUT2D eigenvalue weighted by atomic mass is 10.2. The average Bonchev–Trinajstić information content (AvgIpc) is 2.94. The van der Waals surface area contributed by atoms with Gasteiger partial charge in [-0.15, -0.1) is 0 Å². The molecule has 0 unspecified atom stereocenters. The van der Waals surface area contributed by atoms with E-state index >= 15 is 0 Å². The first-order valence-electron chi connectivity index (χ1n) is 6.13. The fourth-order valence-corrected chi connectivity index (χ4v) is 2.94. The van der Waals surface area contributed by atoms with Crippen LogP contribution in [0.3, 0.4) is 0 Å². The minimum atomic E-state index is -1.05. The van der Waals surface area contributed by atoms with E-state index in [1.54, 1.807) is 17.9 Å². The summed E-state index contributed by atoms with van der Waals surface area (Å²) in [4.78, 5) is 20.4. The van der Waals surface area contributed by atoms with E-state index in [-0.39, 0.29) is 5.56 Å². The predicted octanol–water partition coefficient (Wildman–Crippen LogP) is 2.42. The van der Waals surface area contributed by atoms with E-state index in [0.717, 1.165) is 5.69 Å². The van der Waals surface area contributed by atoms with E-state index in [9.17, 15) is 9.90 Å². The van der Waals surface area contributed by atoms with Crippen molar-refractivity contribution in [1.29, 1.82) is 0 Å². The van der Waals surface area contributed by atoms with Crippen LogP contribution in [0.5, 0.6) is 0 Å². The lowest BCUT2D eigenvalue weighted by Crippen LogP contribution is -2.01. The number of aromatic nitrogens is 4. The molecule has 21 heavy (non-hydrogen) atoms. The van der Waals surface area contributed by atoms with E-state index in [2.05, 4.69) is 15.1 Å². The number of carboxylic acids is 1. The average molecular weight is 304 g/mol. The first-order valence-corrected chi connectivity index (χ1v) is 6.95. The summed E-state index contributed by atoms with van der Waals surface area (Å²) >= 11 is 1.17. The molecule has 0 saturated heterocycles. The minimum absolute atomic E-state index is 0.106. The number of aromatic carboxylic acids is 1. The van der Waals surface area contributed by atoms with Crippen LogP contribution in [0.4, 0.5) is 0 Å². The Kier molecular flexibility index (Phi) is 3.17. The molecule has 1 N–H and O–H groups in total. The van der Waals surface area contributed by atoms with Crippen LogP contribution >= 0.6 is 11.8 Å². The molecule has 0 radical (unpaired) electrons. The maximum atomic E-state index is 11.4. The van der Waals surface area contributed by atoms with Gasteiger partial charge in [0, 0.05) is 18.1 Å². The van der Waals surface area contributed by atoms with Crippen LogP contribution in [0.25, 0.3) is 11.0 Å². The zero-order valence-corrected chi connectivity index (χ0v) is 12.4. The number of oxazole rings is 1. The van der Waals surface area contributed by atoms with Crippen molar-refractivity contribution in [2.45, 2.75) is 24.0 Å². The maximum Gasteiger partial charge on any atom is 0.338 e. The second-order valence-corrected chi connectivity index (χ2v) is 5.50. The zero-order chi connectivity index (χ0) is 15.1. The Morgan fingerprint density at radius 1 is 1.38 bits per heavy atom. The molecular weight excluding hydrogens is 292 g/mol. The number of aryl methyl sites for hydroxylation is 3. The Hall–Kier alpha value is -2.35. The van der Waals surface area contributed by atoms with Crippen molar-refractivity contribution in [3.63, 3.8) is 0 Å². The molecule has 3 heterocycles. The van der Waals surface area contributed by atoms with Crippen molar-refractivity contribution in [1.82, 2.24) is 19.7 Å². The summed E-state index contributed by atoms with van der Waals surface area (Å²) in [6.45, 7) is 3.66. The van der Waals surface area contributed by atoms with Crippen LogP contribution in [0.1, 0.15) is 21.8 Å². The highest BCUT2D eigenvalue weighted by molar-refractivity contribution is 7.99. The number of hydrogen-bond acceptors (Lipinski definition) is 6. The molecule has 0 fully saturated rings. The number of carboxylic acid groups (broad SMARTS) is 1. The molecule has 108 valence electrons. The van der Waals surface area contributed by atoms with Gasteiger partial charge >= 0.3 is 5.97 Å². The smallest absolute Gasteiger partial charge is 0.338 e. The van der Waals surface area contributed by atoms with E-state index in [1.807, 2.05) is 13.8 Å². The zero-order valence-electron chi connectivity index (χ0n) is 11.6. The lowest BCUT2D eigenvalue weighted by molar-refractivity contribution is 0.0693. The van der Waals surface area contributed by atoms with Crippen molar-refractivity contribution in [2.75, 3.05) is 0 Å². The number of fused-ring (bicyclic) bond motifs is 1. The lowest BCUT2D eigenvalue weighted by Gasteiger charge is -2.04. The van der Waals surface area contributed by atoms with Gasteiger partial charge in [0.1, 0.15) is 5.76 Å². The van der Waals surface area contributed by atoms with Crippen LogP contribution in [-0.2, 0) is 7.05 Å². The van der Waals surface area contributed by atoms with Gasteiger partial charge in [-0.3, -0.25) is 4.68 Å². The molecule has 0 atom stereocenters. The van der Waals surface area contributed by atoms with Crippen LogP contribution in [-0.4, -0.2) is 30.8 Å². The summed E-state index contributed by atoms with van der Waals surface area (Å²) in [5, 5.41) is 14.5. The fraction of sp³-hybridized carbons (Fsp3) is 0.231. The topological polar surface area (TPSA) is 94.0 Å². The third-order valence-electron chi connectivity index (χ3n) is 3.14. The Labute approximate surface area is 124 Å². The Morgan fingerprint density at radius 2 is 2.14 bits per heavy atom. The van der Waals surface area contributed by atoms with Crippen molar-refractivity contribution in [2.24, 2.45) is 7.05 Å². The second-order valence-electron chi connectivity index (χ2n) is 4.54. The summed E-state index contributed by atoms with van der Waals surface area (Å²) in [7, 11) is 1.75. The van der Waals surface area contributed by atoms with Crippen molar-refractivity contribution < 1.29 is 14.3 Å². The summed E-state index contributed by atoms with van der Waals surface area (Å²) in [5.41, 5.74) is 1.50. The Morgan fingerprint density at radius 3 is 2.76 bits per heavy atom. The quantitative estimate of drug-likeness (QED) is 0.794. The second kappa shape index (κ2) is 4.88. The van der Waals surface area contributed by atoms with Gasteiger partial charge in [0.25, 0.3) is 5.22 Å². The molecule has 0 saturated carbocycles. The van der Waals surface area contributed by atoms with Crippen molar-refractivity contribution >= 4 is 28.8 Å². The van der Waals surface area contributed by atoms with Gasteiger partial charge in [-0.2, -0.15) is 5.10 Å². The predicted molar refractivity (Wildman–Crippen MR) is 75.6 cm³/mol. The highest BCUT2D eigenvalue weighted by Gasteiger charge is 2.20. The molecular formula is C13H12N4O3S. The van der Waals surface area contributed by atoms with Crippen molar-refractivity contribution in [3.8, 4) is 0 Å². The molecule has 0 aliphatic heterocycles. The summed E-state index contributed by atoms with van der Waals surface area (Å²) in [6, 6.07) is 0. The third kappa shape index (κ3) is 2.27. The minimum Gasteiger partial charge on any atom is -0.478 e. The van der Waals surface area contributed by atoms with Gasteiger partial charge in [0.15, 0.2) is 5.65 Å². The van der Waals surface area contributed by atoms with E-state index in [0.29, 0.717) is 26.9 Å². The van der Waals surface area contributed by atoms with Gasteiger partial charge in [0.2, 0.25) is 0 Å². The van der Waals surface area contributed by atoms with Gasteiger partial charge in [-0.1, -0.05) is 0 Å². The molecule has 3 aromatic rings. The van der Waals surface area contributed by atoms with Crippen molar-refractivity contribution in [3.05, 3.63) is 29.4 Å². The van der Waals surface area contributed by atoms with E-state index in [1.165, 1.54) is 18.0 Å². The largest absolute Gasteiger partial charge is 0.478 e. The molecule has 0 aliphatic rings. The summed E-state index contributed by atoms with van der Waals surface area (Å²) in [5.74, 6) is -0.332.